The topological polar surface area (TPSA) is 49.8 Å². The monoisotopic (exact) mass is 241 g/mol. The first-order chi connectivity index (χ1) is 8.13. The van der Waals surface area contributed by atoms with E-state index in [1.54, 1.807) is 0 Å². The Bertz CT molecular complexity index is 269. The van der Waals surface area contributed by atoms with E-state index in [2.05, 4.69) is 11.8 Å². The minimum atomic E-state index is -0.670. The Morgan fingerprint density at radius 1 is 1.41 bits per heavy atom. The number of hydrogen-bond acceptors (Lipinski definition) is 3. The van der Waals surface area contributed by atoms with Gasteiger partial charge in [0.15, 0.2) is 0 Å². The minimum Gasteiger partial charge on any atom is -0.481 e. The Hall–Kier alpha value is -0.610. The summed E-state index contributed by atoms with van der Waals surface area (Å²) in [7, 11) is 0. The molecular formula is C13H23NO3. The van der Waals surface area contributed by atoms with Gasteiger partial charge in [-0.15, -0.1) is 0 Å². The Kier molecular flexibility index (Phi) is 4.40. The van der Waals surface area contributed by atoms with Gasteiger partial charge >= 0.3 is 5.97 Å². The van der Waals surface area contributed by atoms with Crippen LogP contribution in [0.1, 0.15) is 39.0 Å². The Morgan fingerprint density at radius 2 is 2.24 bits per heavy atom. The fourth-order valence-corrected chi connectivity index (χ4v) is 2.95. The molecule has 98 valence electrons. The summed E-state index contributed by atoms with van der Waals surface area (Å²) < 4.78 is 5.82. The molecule has 4 nitrogen and oxygen atoms in total. The first-order valence-electron chi connectivity index (χ1n) is 6.73. The van der Waals surface area contributed by atoms with Gasteiger partial charge in [0.2, 0.25) is 0 Å². The predicted octanol–water partition coefficient (Wildman–Crippen LogP) is 1.74. The largest absolute Gasteiger partial charge is 0.481 e. The highest BCUT2D eigenvalue weighted by atomic mass is 16.5. The van der Waals surface area contributed by atoms with Crippen molar-refractivity contribution in [1.82, 2.24) is 4.90 Å². The third kappa shape index (κ3) is 3.96. The quantitative estimate of drug-likeness (QED) is 0.796. The summed E-state index contributed by atoms with van der Waals surface area (Å²) in [5, 5.41) is 8.67. The van der Waals surface area contributed by atoms with Crippen LogP contribution in [0.5, 0.6) is 0 Å². The van der Waals surface area contributed by atoms with E-state index < -0.39 is 5.97 Å². The van der Waals surface area contributed by atoms with Crippen LogP contribution >= 0.6 is 0 Å². The van der Waals surface area contributed by atoms with Crippen molar-refractivity contribution in [2.24, 2.45) is 5.92 Å². The second kappa shape index (κ2) is 5.83. The Balaban J connectivity index is 1.65. The highest BCUT2D eigenvalue weighted by Crippen LogP contribution is 2.25. The Labute approximate surface area is 103 Å². The second-order valence-electron chi connectivity index (χ2n) is 5.49. The fraction of sp³-hybridized carbons (Fsp3) is 0.923. The average Bonchev–Trinajstić information content (AvgIpc) is 2.86. The molecule has 2 fully saturated rings. The first kappa shape index (κ1) is 12.8. The first-order valence-corrected chi connectivity index (χ1v) is 6.73. The molecule has 0 amide bonds. The minimum absolute atomic E-state index is 0.315. The Morgan fingerprint density at radius 3 is 2.88 bits per heavy atom. The standard InChI is InChI=1S/C13H23NO3/c1-10-2-4-12(17-10)9-14-7-6-11(8-14)3-5-13(15)16/h10-12H,2-9H2,1H3,(H,15,16). The molecular weight excluding hydrogens is 218 g/mol. The summed E-state index contributed by atoms with van der Waals surface area (Å²) in [6.45, 7) is 5.34. The van der Waals surface area contributed by atoms with E-state index in [1.807, 2.05) is 0 Å². The molecule has 0 radical (unpaired) electrons. The SMILES string of the molecule is CC1CCC(CN2CCC(CCC(=O)O)C2)O1. The van der Waals surface area contributed by atoms with Gasteiger partial charge in [0.25, 0.3) is 0 Å². The van der Waals surface area contributed by atoms with Crippen molar-refractivity contribution < 1.29 is 14.6 Å². The van der Waals surface area contributed by atoms with Gasteiger partial charge < -0.3 is 14.7 Å². The molecule has 0 aromatic heterocycles. The zero-order valence-corrected chi connectivity index (χ0v) is 10.6. The summed E-state index contributed by atoms with van der Waals surface area (Å²) in [4.78, 5) is 13.0. The number of ether oxygens (including phenoxy) is 1. The van der Waals surface area contributed by atoms with Gasteiger partial charge in [-0.2, -0.15) is 0 Å². The van der Waals surface area contributed by atoms with E-state index in [0.717, 1.165) is 32.5 Å². The second-order valence-corrected chi connectivity index (χ2v) is 5.49. The van der Waals surface area contributed by atoms with E-state index >= 15 is 0 Å². The molecule has 3 unspecified atom stereocenters. The van der Waals surface area contributed by atoms with Crippen LogP contribution in [-0.2, 0) is 9.53 Å². The number of rotatable bonds is 5. The highest BCUT2D eigenvalue weighted by Gasteiger charge is 2.28. The molecule has 0 bridgehead atoms. The fourth-order valence-electron chi connectivity index (χ4n) is 2.95. The number of nitrogens with zero attached hydrogens (tertiary/aromatic N) is 1. The number of likely N-dealkylation sites (tertiary alicyclic amines) is 1. The smallest absolute Gasteiger partial charge is 0.303 e. The van der Waals surface area contributed by atoms with Gasteiger partial charge in [-0.25, -0.2) is 0 Å². The predicted molar refractivity (Wildman–Crippen MR) is 65.0 cm³/mol. The molecule has 0 saturated carbocycles. The lowest BCUT2D eigenvalue weighted by Gasteiger charge is -2.20. The summed E-state index contributed by atoms with van der Waals surface area (Å²) >= 11 is 0. The van der Waals surface area contributed by atoms with Crippen molar-refractivity contribution in [1.29, 1.82) is 0 Å². The van der Waals surface area contributed by atoms with E-state index in [-0.39, 0.29) is 0 Å². The zero-order chi connectivity index (χ0) is 12.3. The van der Waals surface area contributed by atoms with Gasteiger partial charge in [-0.1, -0.05) is 0 Å². The van der Waals surface area contributed by atoms with Crippen molar-refractivity contribution in [2.75, 3.05) is 19.6 Å². The number of aliphatic carboxylic acids is 1. The van der Waals surface area contributed by atoms with Crippen LogP contribution in [-0.4, -0.2) is 47.8 Å². The lowest BCUT2D eigenvalue weighted by molar-refractivity contribution is -0.137. The maximum atomic E-state index is 10.5. The van der Waals surface area contributed by atoms with Crippen molar-refractivity contribution in [2.45, 2.75) is 51.2 Å². The van der Waals surface area contributed by atoms with E-state index in [0.29, 0.717) is 24.5 Å². The number of hydrogen-bond donors (Lipinski definition) is 1. The molecule has 0 aromatic rings. The van der Waals surface area contributed by atoms with E-state index in [9.17, 15) is 4.79 Å². The van der Waals surface area contributed by atoms with Crippen molar-refractivity contribution in [3.05, 3.63) is 0 Å². The summed E-state index contributed by atoms with van der Waals surface area (Å²) in [5.41, 5.74) is 0. The van der Waals surface area contributed by atoms with Crippen LogP contribution in [0.4, 0.5) is 0 Å². The van der Waals surface area contributed by atoms with Crippen molar-refractivity contribution in [3.63, 3.8) is 0 Å². The normalized spacial score (nSPS) is 34.3. The molecule has 2 aliphatic rings. The molecule has 4 heteroatoms. The number of carbonyl (C=O) groups is 1. The van der Waals surface area contributed by atoms with Crippen molar-refractivity contribution >= 4 is 5.97 Å². The van der Waals surface area contributed by atoms with Crippen molar-refractivity contribution in [3.8, 4) is 0 Å². The number of carboxylic acids is 1. The summed E-state index contributed by atoms with van der Waals surface area (Å²) in [6, 6.07) is 0. The van der Waals surface area contributed by atoms with Crippen LogP contribution in [0.2, 0.25) is 0 Å². The third-order valence-electron chi connectivity index (χ3n) is 3.92. The molecule has 0 spiro atoms. The van der Waals surface area contributed by atoms with Crippen LogP contribution in [0.25, 0.3) is 0 Å². The molecule has 17 heavy (non-hydrogen) atoms. The van der Waals surface area contributed by atoms with Gasteiger partial charge in [0.1, 0.15) is 0 Å². The molecule has 2 aliphatic heterocycles. The maximum absolute atomic E-state index is 10.5. The lowest BCUT2D eigenvalue weighted by atomic mass is 10.0. The summed E-state index contributed by atoms with van der Waals surface area (Å²) in [5.74, 6) is -0.0960. The highest BCUT2D eigenvalue weighted by molar-refractivity contribution is 5.66. The van der Waals surface area contributed by atoms with Crippen LogP contribution in [0.3, 0.4) is 0 Å². The molecule has 2 saturated heterocycles. The molecule has 0 aliphatic carbocycles. The van der Waals surface area contributed by atoms with Gasteiger partial charge in [0.05, 0.1) is 12.2 Å². The van der Waals surface area contributed by atoms with E-state index in [4.69, 9.17) is 9.84 Å². The van der Waals surface area contributed by atoms with Crippen LogP contribution < -0.4 is 0 Å². The maximum Gasteiger partial charge on any atom is 0.303 e. The third-order valence-corrected chi connectivity index (χ3v) is 3.92. The summed E-state index contributed by atoms with van der Waals surface area (Å²) in [6.07, 6.45) is 5.48. The van der Waals surface area contributed by atoms with Crippen LogP contribution in [0.15, 0.2) is 0 Å². The van der Waals surface area contributed by atoms with Gasteiger partial charge in [0, 0.05) is 19.5 Å². The van der Waals surface area contributed by atoms with Gasteiger partial charge in [-0.3, -0.25) is 4.79 Å². The molecule has 2 heterocycles. The molecule has 3 atom stereocenters. The number of carboxylic acid groups (broad SMARTS) is 1. The molecule has 0 aromatic carbocycles. The molecule has 1 N–H and O–H groups in total. The molecule has 2 rings (SSSR count). The lowest BCUT2D eigenvalue weighted by Crippen LogP contribution is -2.30. The van der Waals surface area contributed by atoms with E-state index in [1.165, 1.54) is 12.8 Å². The van der Waals surface area contributed by atoms with Gasteiger partial charge in [-0.05, 0) is 45.1 Å². The zero-order valence-electron chi connectivity index (χ0n) is 10.6. The van der Waals surface area contributed by atoms with Crippen LogP contribution in [0, 0.1) is 5.92 Å². The average molecular weight is 241 g/mol.